The molecule has 0 aliphatic heterocycles. The van der Waals surface area contributed by atoms with Crippen molar-refractivity contribution >= 4 is 27.3 Å². The molecule has 1 nitrogen and oxygen atoms in total. The molecule has 1 N–H and O–H groups in total. The highest BCUT2D eigenvalue weighted by molar-refractivity contribution is 9.11. The summed E-state index contributed by atoms with van der Waals surface area (Å²) in [6.07, 6.45) is 1.19. The average Bonchev–Trinajstić information content (AvgIpc) is 2.43. The van der Waals surface area contributed by atoms with E-state index in [1.165, 1.54) is 20.6 Å². The standard InChI is InChI=1S/C10H16BrNS/c1-4-5-12-8(3)9-6-7(2)10(11)13-9/h6,8,12H,4-5H2,1-3H3. The maximum absolute atomic E-state index is 3.54. The predicted molar refractivity (Wildman–Crippen MR) is 63.5 cm³/mol. The molecular formula is C10H16BrNS. The van der Waals surface area contributed by atoms with E-state index in [-0.39, 0.29) is 0 Å². The summed E-state index contributed by atoms with van der Waals surface area (Å²) < 4.78 is 1.26. The fourth-order valence-electron chi connectivity index (χ4n) is 1.16. The first-order valence-corrected chi connectivity index (χ1v) is 6.25. The van der Waals surface area contributed by atoms with Gasteiger partial charge in [-0.15, -0.1) is 11.3 Å². The van der Waals surface area contributed by atoms with Crippen molar-refractivity contribution in [2.24, 2.45) is 0 Å². The van der Waals surface area contributed by atoms with Gasteiger partial charge in [0.15, 0.2) is 0 Å². The van der Waals surface area contributed by atoms with Crippen LogP contribution in [0.15, 0.2) is 9.85 Å². The lowest BCUT2D eigenvalue weighted by Gasteiger charge is -2.10. The third-order valence-corrected chi connectivity index (χ3v) is 4.32. The van der Waals surface area contributed by atoms with Crippen LogP contribution < -0.4 is 5.32 Å². The van der Waals surface area contributed by atoms with E-state index in [4.69, 9.17) is 0 Å². The Bertz CT molecular complexity index is 250. The number of hydrogen-bond acceptors (Lipinski definition) is 2. The lowest BCUT2D eigenvalue weighted by molar-refractivity contribution is 0.578. The zero-order valence-corrected chi connectivity index (χ0v) is 10.8. The monoisotopic (exact) mass is 261 g/mol. The van der Waals surface area contributed by atoms with E-state index in [0.717, 1.165) is 6.54 Å². The Morgan fingerprint density at radius 1 is 1.62 bits per heavy atom. The summed E-state index contributed by atoms with van der Waals surface area (Å²) in [7, 11) is 0. The van der Waals surface area contributed by atoms with Crippen molar-refractivity contribution in [1.82, 2.24) is 5.32 Å². The molecule has 1 unspecified atom stereocenters. The number of hydrogen-bond donors (Lipinski definition) is 1. The van der Waals surface area contributed by atoms with Crippen LogP contribution in [0.1, 0.15) is 36.8 Å². The smallest absolute Gasteiger partial charge is 0.0731 e. The van der Waals surface area contributed by atoms with Gasteiger partial charge in [0.25, 0.3) is 0 Å². The maximum Gasteiger partial charge on any atom is 0.0731 e. The minimum Gasteiger partial charge on any atom is -0.309 e. The van der Waals surface area contributed by atoms with Gasteiger partial charge in [-0.25, -0.2) is 0 Å². The summed E-state index contributed by atoms with van der Waals surface area (Å²) in [6.45, 7) is 7.63. The highest BCUT2D eigenvalue weighted by Crippen LogP contribution is 2.31. The fraction of sp³-hybridized carbons (Fsp3) is 0.600. The molecule has 0 amide bonds. The molecule has 0 aromatic carbocycles. The third kappa shape index (κ3) is 3.08. The van der Waals surface area contributed by atoms with Crippen LogP contribution in [0.25, 0.3) is 0 Å². The van der Waals surface area contributed by atoms with E-state index in [2.05, 4.69) is 48.1 Å². The fourth-order valence-corrected chi connectivity index (χ4v) is 2.76. The minimum atomic E-state index is 0.481. The first kappa shape index (κ1) is 11.2. The molecule has 0 saturated heterocycles. The van der Waals surface area contributed by atoms with Gasteiger partial charge in [0.1, 0.15) is 0 Å². The van der Waals surface area contributed by atoms with Gasteiger partial charge in [-0.1, -0.05) is 6.92 Å². The number of rotatable bonds is 4. The number of aryl methyl sites for hydroxylation is 1. The number of thiophene rings is 1. The Labute approximate surface area is 92.7 Å². The van der Waals surface area contributed by atoms with Gasteiger partial charge in [-0.05, 0) is 54.4 Å². The molecule has 1 aromatic rings. The van der Waals surface area contributed by atoms with Crippen molar-refractivity contribution in [3.05, 3.63) is 20.3 Å². The SMILES string of the molecule is CCCNC(C)c1cc(C)c(Br)s1. The quantitative estimate of drug-likeness (QED) is 0.868. The zero-order chi connectivity index (χ0) is 9.84. The van der Waals surface area contributed by atoms with Gasteiger partial charge in [-0.3, -0.25) is 0 Å². The minimum absolute atomic E-state index is 0.481. The Hall–Kier alpha value is 0.140. The molecule has 1 atom stereocenters. The second-order valence-electron chi connectivity index (χ2n) is 3.28. The maximum atomic E-state index is 3.54. The average molecular weight is 262 g/mol. The molecule has 1 aromatic heterocycles. The van der Waals surface area contributed by atoms with Crippen LogP contribution in [0.2, 0.25) is 0 Å². The summed E-state index contributed by atoms with van der Waals surface area (Å²) in [6, 6.07) is 2.73. The van der Waals surface area contributed by atoms with Crippen molar-refractivity contribution in [3.63, 3.8) is 0 Å². The molecule has 0 saturated carbocycles. The molecule has 0 fully saturated rings. The molecule has 3 heteroatoms. The van der Waals surface area contributed by atoms with Crippen LogP contribution in [0.4, 0.5) is 0 Å². The molecule has 0 spiro atoms. The highest BCUT2D eigenvalue weighted by Gasteiger charge is 2.08. The Balaban J connectivity index is 2.60. The Kier molecular flexibility index (Phi) is 4.42. The first-order valence-electron chi connectivity index (χ1n) is 4.64. The molecule has 1 heterocycles. The number of nitrogens with one attached hydrogen (secondary N) is 1. The zero-order valence-electron chi connectivity index (χ0n) is 8.36. The van der Waals surface area contributed by atoms with E-state index in [1.54, 1.807) is 0 Å². The van der Waals surface area contributed by atoms with Gasteiger partial charge in [0.05, 0.1) is 3.79 Å². The molecule has 0 aliphatic carbocycles. The van der Waals surface area contributed by atoms with Gasteiger partial charge in [0, 0.05) is 10.9 Å². The van der Waals surface area contributed by atoms with Gasteiger partial charge in [0.2, 0.25) is 0 Å². The molecule has 1 rings (SSSR count). The third-order valence-electron chi connectivity index (χ3n) is 2.00. The molecule has 13 heavy (non-hydrogen) atoms. The predicted octanol–water partition coefficient (Wildman–Crippen LogP) is 3.88. The lowest BCUT2D eigenvalue weighted by atomic mass is 10.2. The van der Waals surface area contributed by atoms with Gasteiger partial charge in [-0.2, -0.15) is 0 Å². The second-order valence-corrected chi connectivity index (χ2v) is 5.68. The van der Waals surface area contributed by atoms with Crippen molar-refractivity contribution in [2.75, 3.05) is 6.54 Å². The summed E-state index contributed by atoms with van der Waals surface area (Å²) in [5.74, 6) is 0. The van der Waals surface area contributed by atoms with E-state index in [9.17, 15) is 0 Å². The van der Waals surface area contributed by atoms with E-state index >= 15 is 0 Å². The second kappa shape index (κ2) is 5.13. The van der Waals surface area contributed by atoms with Crippen LogP contribution in [0.5, 0.6) is 0 Å². The molecule has 0 aliphatic rings. The molecule has 0 bridgehead atoms. The van der Waals surface area contributed by atoms with Crippen molar-refractivity contribution < 1.29 is 0 Å². The van der Waals surface area contributed by atoms with Crippen LogP contribution in [-0.4, -0.2) is 6.54 Å². The van der Waals surface area contributed by atoms with Gasteiger partial charge >= 0.3 is 0 Å². The molecule has 74 valence electrons. The summed E-state index contributed by atoms with van der Waals surface area (Å²) in [4.78, 5) is 1.41. The largest absolute Gasteiger partial charge is 0.309 e. The first-order chi connectivity index (χ1) is 6.15. The van der Waals surface area contributed by atoms with Gasteiger partial charge < -0.3 is 5.32 Å². The molecular weight excluding hydrogens is 246 g/mol. The van der Waals surface area contributed by atoms with Crippen LogP contribution in [0.3, 0.4) is 0 Å². The normalized spacial score (nSPS) is 13.2. The number of halogens is 1. The topological polar surface area (TPSA) is 12.0 Å². The van der Waals surface area contributed by atoms with E-state index < -0.39 is 0 Å². The van der Waals surface area contributed by atoms with Crippen molar-refractivity contribution in [1.29, 1.82) is 0 Å². The van der Waals surface area contributed by atoms with E-state index in [1.807, 2.05) is 11.3 Å². The summed E-state index contributed by atoms with van der Waals surface area (Å²) >= 11 is 5.37. The lowest BCUT2D eigenvalue weighted by Crippen LogP contribution is -2.18. The highest BCUT2D eigenvalue weighted by atomic mass is 79.9. The summed E-state index contributed by atoms with van der Waals surface area (Å²) in [5.41, 5.74) is 1.34. The van der Waals surface area contributed by atoms with Crippen molar-refractivity contribution in [2.45, 2.75) is 33.2 Å². The summed E-state index contributed by atoms with van der Waals surface area (Å²) in [5, 5.41) is 3.48. The Morgan fingerprint density at radius 3 is 2.77 bits per heavy atom. The van der Waals surface area contributed by atoms with Crippen LogP contribution >= 0.6 is 27.3 Å². The Morgan fingerprint density at radius 2 is 2.31 bits per heavy atom. The van der Waals surface area contributed by atoms with Crippen molar-refractivity contribution in [3.8, 4) is 0 Å². The molecule has 0 radical (unpaired) electrons. The van der Waals surface area contributed by atoms with Crippen LogP contribution in [0, 0.1) is 6.92 Å². The van der Waals surface area contributed by atoms with Crippen LogP contribution in [-0.2, 0) is 0 Å². The van der Waals surface area contributed by atoms with E-state index in [0.29, 0.717) is 6.04 Å².